The molecule has 1 amide bonds. The molecule has 0 aliphatic heterocycles. The highest BCUT2D eigenvalue weighted by atomic mass is 16.2. The van der Waals surface area contributed by atoms with Crippen LogP contribution < -0.4 is 5.73 Å². The molecule has 0 radical (unpaired) electrons. The molecule has 4 nitrogen and oxygen atoms in total. The van der Waals surface area contributed by atoms with Crippen LogP contribution in [0.5, 0.6) is 0 Å². The first-order valence-electron chi connectivity index (χ1n) is 6.79. The molecule has 0 bridgehead atoms. The minimum atomic E-state index is 0.201. The number of carbonyl (C=O) groups excluding carboxylic acids is 1. The molecular formula is C13H27N3O. The SMILES string of the molecule is CN(C)C(=O)CN(CCCN)C1CCCCC1. The van der Waals surface area contributed by atoms with Crippen molar-refractivity contribution in [2.45, 2.75) is 44.6 Å². The molecule has 0 saturated heterocycles. The Morgan fingerprint density at radius 2 is 1.88 bits per heavy atom. The summed E-state index contributed by atoms with van der Waals surface area (Å²) in [6.45, 7) is 2.22. The van der Waals surface area contributed by atoms with Crippen molar-refractivity contribution < 1.29 is 4.79 Å². The molecule has 0 heterocycles. The van der Waals surface area contributed by atoms with Crippen LogP contribution in [0.1, 0.15) is 38.5 Å². The van der Waals surface area contributed by atoms with Gasteiger partial charge in [-0.05, 0) is 25.8 Å². The zero-order chi connectivity index (χ0) is 12.7. The predicted octanol–water partition coefficient (Wildman–Crippen LogP) is 1.06. The van der Waals surface area contributed by atoms with Crippen LogP contribution in [-0.2, 0) is 4.79 Å². The average Bonchev–Trinajstić information content (AvgIpc) is 2.35. The summed E-state index contributed by atoms with van der Waals surface area (Å²) >= 11 is 0. The summed E-state index contributed by atoms with van der Waals surface area (Å²) in [4.78, 5) is 15.8. The molecule has 0 unspecified atom stereocenters. The van der Waals surface area contributed by atoms with E-state index < -0.39 is 0 Å². The highest BCUT2D eigenvalue weighted by molar-refractivity contribution is 5.77. The molecule has 0 aromatic rings. The number of nitrogens with two attached hydrogens (primary N) is 1. The van der Waals surface area contributed by atoms with Gasteiger partial charge in [-0.3, -0.25) is 9.69 Å². The minimum Gasteiger partial charge on any atom is -0.348 e. The van der Waals surface area contributed by atoms with Gasteiger partial charge in [-0.2, -0.15) is 0 Å². The number of hydrogen-bond acceptors (Lipinski definition) is 3. The summed E-state index contributed by atoms with van der Waals surface area (Å²) in [5, 5.41) is 0. The topological polar surface area (TPSA) is 49.6 Å². The number of nitrogens with zero attached hydrogens (tertiary/aromatic N) is 2. The molecule has 1 saturated carbocycles. The van der Waals surface area contributed by atoms with Crippen molar-refractivity contribution in [3.05, 3.63) is 0 Å². The summed E-state index contributed by atoms with van der Waals surface area (Å²) < 4.78 is 0. The van der Waals surface area contributed by atoms with Crippen molar-refractivity contribution in [3.63, 3.8) is 0 Å². The van der Waals surface area contributed by atoms with Gasteiger partial charge in [0.1, 0.15) is 0 Å². The van der Waals surface area contributed by atoms with E-state index in [9.17, 15) is 4.79 Å². The number of carbonyl (C=O) groups is 1. The Bertz CT molecular complexity index is 225. The van der Waals surface area contributed by atoms with Crippen LogP contribution in [0.4, 0.5) is 0 Å². The van der Waals surface area contributed by atoms with Crippen LogP contribution in [0.25, 0.3) is 0 Å². The Morgan fingerprint density at radius 1 is 1.24 bits per heavy atom. The lowest BCUT2D eigenvalue weighted by Crippen LogP contribution is -2.44. The Morgan fingerprint density at radius 3 is 2.41 bits per heavy atom. The van der Waals surface area contributed by atoms with Gasteiger partial charge >= 0.3 is 0 Å². The first-order valence-corrected chi connectivity index (χ1v) is 6.79. The van der Waals surface area contributed by atoms with E-state index >= 15 is 0 Å². The monoisotopic (exact) mass is 241 g/mol. The lowest BCUT2D eigenvalue weighted by molar-refractivity contribution is -0.130. The third-order valence-electron chi connectivity index (χ3n) is 3.58. The van der Waals surface area contributed by atoms with Gasteiger partial charge < -0.3 is 10.6 Å². The Hall–Kier alpha value is -0.610. The molecular weight excluding hydrogens is 214 g/mol. The maximum absolute atomic E-state index is 11.8. The summed E-state index contributed by atoms with van der Waals surface area (Å²) in [5.74, 6) is 0.201. The largest absolute Gasteiger partial charge is 0.348 e. The summed E-state index contributed by atoms with van der Waals surface area (Å²) in [5.41, 5.74) is 5.57. The maximum Gasteiger partial charge on any atom is 0.236 e. The molecule has 0 spiro atoms. The molecule has 0 atom stereocenters. The van der Waals surface area contributed by atoms with Crippen LogP contribution >= 0.6 is 0 Å². The van der Waals surface area contributed by atoms with Gasteiger partial charge in [0.25, 0.3) is 0 Å². The fraction of sp³-hybridized carbons (Fsp3) is 0.923. The van der Waals surface area contributed by atoms with E-state index in [1.807, 2.05) is 14.1 Å². The molecule has 1 fully saturated rings. The fourth-order valence-corrected chi connectivity index (χ4v) is 2.45. The number of rotatable bonds is 6. The van der Waals surface area contributed by atoms with Gasteiger partial charge in [0.05, 0.1) is 6.54 Å². The quantitative estimate of drug-likeness (QED) is 0.756. The molecule has 1 rings (SSSR count). The lowest BCUT2D eigenvalue weighted by Gasteiger charge is -2.34. The first-order chi connectivity index (χ1) is 8.15. The van der Waals surface area contributed by atoms with Crippen LogP contribution in [0.3, 0.4) is 0 Å². The van der Waals surface area contributed by atoms with Crippen molar-refractivity contribution in [1.82, 2.24) is 9.80 Å². The van der Waals surface area contributed by atoms with Crippen LogP contribution in [-0.4, -0.2) is 55.5 Å². The van der Waals surface area contributed by atoms with Gasteiger partial charge in [0.15, 0.2) is 0 Å². The molecule has 17 heavy (non-hydrogen) atoms. The molecule has 1 aliphatic rings. The maximum atomic E-state index is 11.8. The molecule has 2 N–H and O–H groups in total. The highest BCUT2D eigenvalue weighted by Crippen LogP contribution is 2.22. The third kappa shape index (κ3) is 5.04. The average molecular weight is 241 g/mol. The Kier molecular flexibility index (Phi) is 6.52. The zero-order valence-electron chi connectivity index (χ0n) is 11.3. The summed E-state index contributed by atoms with van der Waals surface area (Å²) in [7, 11) is 3.65. The number of amides is 1. The van der Waals surface area contributed by atoms with E-state index in [-0.39, 0.29) is 5.91 Å². The van der Waals surface area contributed by atoms with E-state index in [1.165, 1.54) is 32.1 Å². The number of hydrogen-bond donors (Lipinski definition) is 1. The Balaban J connectivity index is 2.49. The van der Waals surface area contributed by atoms with Crippen molar-refractivity contribution in [3.8, 4) is 0 Å². The van der Waals surface area contributed by atoms with Crippen LogP contribution in [0.2, 0.25) is 0 Å². The van der Waals surface area contributed by atoms with Gasteiger partial charge in [0, 0.05) is 26.7 Å². The smallest absolute Gasteiger partial charge is 0.236 e. The fourth-order valence-electron chi connectivity index (χ4n) is 2.45. The number of likely N-dealkylation sites (N-methyl/N-ethyl adjacent to an activating group) is 1. The van der Waals surface area contributed by atoms with Crippen LogP contribution in [0.15, 0.2) is 0 Å². The van der Waals surface area contributed by atoms with Gasteiger partial charge in [-0.15, -0.1) is 0 Å². The van der Waals surface area contributed by atoms with Gasteiger partial charge in [-0.25, -0.2) is 0 Å². The molecule has 4 heteroatoms. The van der Waals surface area contributed by atoms with E-state index in [0.29, 0.717) is 19.1 Å². The standard InChI is InChI=1S/C13H27N3O/c1-15(2)13(17)11-16(10-6-9-14)12-7-4-3-5-8-12/h12H,3-11,14H2,1-2H3. The van der Waals surface area contributed by atoms with Crippen molar-refractivity contribution in [1.29, 1.82) is 0 Å². The van der Waals surface area contributed by atoms with E-state index in [1.54, 1.807) is 4.90 Å². The third-order valence-corrected chi connectivity index (χ3v) is 3.58. The second-order valence-electron chi connectivity index (χ2n) is 5.19. The molecule has 0 aromatic heterocycles. The molecule has 100 valence electrons. The van der Waals surface area contributed by atoms with Crippen molar-refractivity contribution in [2.75, 3.05) is 33.7 Å². The molecule has 1 aliphatic carbocycles. The zero-order valence-corrected chi connectivity index (χ0v) is 11.3. The molecule has 0 aromatic carbocycles. The van der Waals surface area contributed by atoms with E-state index in [4.69, 9.17) is 5.73 Å². The second kappa shape index (κ2) is 7.67. The van der Waals surface area contributed by atoms with Crippen molar-refractivity contribution >= 4 is 5.91 Å². The second-order valence-corrected chi connectivity index (χ2v) is 5.19. The van der Waals surface area contributed by atoms with Gasteiger partial charge in [0.2, 0.25) is 5.91 Å². The minimum absolute atomic E-state index is 0.201. The summed E-state index contributed by atoms with van der Waals surface area (Å²) in [6.07, 6.45) is 7.43. The van der Waals surface area contributed by atoms with E-state index in [2.05, 4.69) is 4.90 Å². The normalized spacial score (nSPS) is 17.4. The van der Waals surface area contributed by atoms with Gasteiger partial charge in [-0.1, -0.05) is 19.3 Å². The predicted molar refractivity (Wildman–Crippen MR) is 70.8 cm³/mol. The highest BCUT2D eigenvalue weighted by Gasteiger charge is 2.22. The Labute approximate surface area is 105 Å². The summed E-state index contributed by atoms with van der Waals surface area (Å²) in [6, 6.07) is 0.596. The van der Waals surface area contributed by atoms with Crippen molar-refractivity contribution in [2.24, 2.45) is 5.73 Å². The first kappa shape index (κ1) is 14.5. The van der Waals surface area contributed by atoms with Crippen LogP contribution in [0, 0.1) is 0 Å². The van der Waals surface area contributed by atoms with E-state index in [0.717, 1.165) is 13.0 Å². The lowest BCUT2D eigenvalue weighted by atomic mass is 9.94.